The van der Waals surface area contributed by atoms with Crippen molar-refractivity contribution < 1.29 is 9.50 Å². The maximum atomic E-state index is 13.2. The minimum Gasteiger partial charge on any atom is -0.375 e. The minimum atomic E-state index is -0.711. The van der Waals surface area contributed by atoms with E-state index >= 15 is 0 Å². The molecule has 2 unspecified atom stereocenters. The van der Waals surface area contributed by atoms with E-state index in [1.54, 1.807) is 0 Å². The van der Waals surface area contributed by atoms with Crippen LogP contribution in [0.4, 0.5) is 4.39 Å². The van der Waals surface area contributed by atoms with Gasteiger partial charge in [0.1, 0.15) is 12.0 Å². The van der Waals surface area contributed by atoms with Crippen LogP contribution in [-0.4, -0.2) is 16.9 Å². The Morgan fingerprint density at radius 1 is 1.23 bits per heavy atom. The molecule has 2 nitrogen and oxygen atoms in total. The van der Waals surface area contributed by atoms with Gasteiger partial charge < -0.3 is 5.11 Å². The minimum absolute atomic E-state index is 0.222. The Morgan fingerprint density at radius 2 is 2.00 bits per heavy atom. The number of benzene rings is 1. The molecule has 1 aromatic rings. The molecule has 2 aliphatic carbocycles. The molecule has 3 rings (SSSR count). The number of allylic oxidation sites excluding steroid dienone is 7. The molecule has 0 aromatic heterocycles. The van der Waals surface area contributed by atoms with E-state index in [2.05, 4.69) is 50.4 Å². The second-order valence-corrected chi connectivity index (χ2v) is 9.66. The Bertz CT molecular complexity index is 844. The van der Waals surface area contributed by atoms with Crippen molar-refractivity contribution >= 4 is 0 Å². The number of hydrogen-bond acceptors (Lipinski definition) is 2. The number of unbranched alkanes of at least 4 members (excludes halogenated alkanes) is 2. The van der Waals surface area contributed by atoms with Gasteiger partial charge in [0, 0.05) is 11.5 Å². The van der Waals surface area contributed by atoms with Crippen molar-refractivity contribution in [1.29, 1.82) is 0 Å². The summed E-state index contributed by atoms with van der Waals surface area (Å²) >= 11 is 0. The maximum absolute atomic E-state index is 13.2. The third-order valence-electron chi connectivity index (χ3n) is 6.29. The van der Waals surface area contributed by atoms with E-state index in [1.807, 2.05) is 18.2 Å². The Balaban J connectivity index is 1.66. The molecule has 0 saturated carbocycles. The fourth-order valence-corrected chi connectivity index (χ4v) is 4.80. The van der Waals surface area contributed by atoms with Gasteiger partial charge in [0.2, 0.25) is 0 Å². The van der Waals surface area contributed by atoms with E-state index in [0.29, 0.717) is 12.3 Å². The number of hydrogen-bond donors (Lipinski definition) is 2. The van der Waals surface area contributed by atoms with Crippen LogP contribution in [0.1, 0.15) is 71.3 Å². The summed E-state index contributed by atoms with van der Waals surface area (Å²) < 4.78 is 13.2. The van der Waals surface area contributed by atoms with Gasteiger partial charge in [-0.05, 0) is 81.7 Å². The van der Waals surface area contributed by atoms with Crippen molar-refractivity contribution in [3.05, 3.63) is 82.7 Å². The number of aliphatic hydroxyl groups is 1. The van der Waals surface area contributed by atoms with Gasteiger partial charge >= 0.3 is 0 Å². The van der Waals surface area contributed by atoms with Gasteiger partial charge in [-0.25, -0.2) is 4.39 Å². The van der Waals surface area contributed by atoms with Crippen molar-refractivity contribution in [3.8, 4) is 0 Å². The summed E-state index contributed by atoms with van der Waals surface area (Å²) in [6, 6.07) is 6.59. The summed E-state index contributed by atoms with van der Waals surface area (Å²) in [4.78, 5) is 0. The van der Waals surface area contributed by atoms with Crippen LogP contribution in [0, 0.1) is 11.7 Å². The maximum Gasteiger partial charge on any atom is 0.125 e. The largest absolute Gasteiger partial charge is 0.375 e. The monoisotopic (exact) mass is 423 g/mol. The van der Waals surface area contributed by atoms with Crippen molar-refractivity contribution in [1.82, 2.24) is 5.32 Å². The van der Waals surface area contributed by atoms with E-state index in [9.17, 15) is 9.50 Å². The Labute approximate surface area is 187 Å². The SMILES string of the molecule is CCCCCC1=C/C(=C/C(O)NC(C)(C)Cc2ccc(F)cc2)CC1C1=CC=CCC1. The molecule has 2 N–H and O–H groups in total. The van der Waals surface area contributed by atoms with Crippen LogP contribution in [0.25, 0.3) is 0 Å². The fraction of sp³-hybridized carbons (Fsp3) is 0.500. The van der Waals surface area contributed by atoms with Crippen LogP contribution < -0.4 is 5.32 Å². The molecule has 3 heteroatoms. The van der Waals surface area contributed by atoms with Crippen LogP contribution in [0.3, 0.4) is 0 Å². The quantitative estimate of drug-likeness (QED) is 0.321. The number of aliphatic hydroxyl groups excluding tert-OH is 1. The Morgan fingerprint density at radius 3 is 2.68 bits per heavy atom. The standard InChI is InChI=1S/C28H38FNO/c1-4-5-7-12-24-17-22(18-26(24)23-10-8-6-9-11-23)19-27(31)30-28(2,3)20-21-13-15-25(29)16-14-21/h6,8,10,13-17,19,26-27,30-31H,4-5,7,9,11-12,18,20H2,1-3H3/b22-19-. The predicted molar refractivity (Wildman–Crippen MR) is 128 cm³/mol. The summed E-state index contributed by atoms with van der Waals surface area (Å²) in [6.45, 7) is 6.39. The van der Waals surface area contributed by atoms with Gasteiger partial charge in [-0.3, -0.25) is 5.32 Å². The van der Waals surface area contributed by atoms with Crippen molar-refractivity contribution in [2.45, 2.75) is 83.9 Å². The smallest absolute Gasteiger partial charge is 0.125 e. The van der Waals surface area contributed by atoms with Gasteiger partial charge in [0.05, 0.1) is 0 Å². The van der Waals surface area contributed by atoms with Crippen molar-refractivity contribution in [3.63, 3.8) is 0 Å². The highest BCUT2D eigenvalue weighted by Gasteiger charge is 2.27. The molecule has 0 fully saturated rings. The Kier molecular flexibility index (Phi) is 8.45. The molecule has 2 atom stereocenters. The number of rotatable bonds is 10. The lowest BCUT2D eigenvalue weighted by Crippen LogP contribution is -2.46. The van der Waals surface area contributed by atoms with Gasteiger partial charge in [-0.15, -0.1) is 0 Å². The van der Waals surface area contributed by atoms with Crippen LogP contribution in [0.15, 0.2) is 71.4 Å². The zero-order valence-corrected chi connectivity index (χ0v) is 19.3. The van der Waals surface area contributed by atoms with Crippen LogP contribution in [-0.2, 0) is 6.42 Å². The lowest BCUT2D eigenvalue weighted by Gasteiger charge is -2.29. The second-order valence-electron chi connectivity index (χ2n) is 9.66. The average molecular weight is 424 g/mol. The first-order valence-electron chi connectivity index (χ1n) is 11.8. The summed E-state index contributed by atoms with van der Waals surface area (Å²) in [5, 5.41) is 14.1. The van der Waals surface area contributed by atoms with E-state index in [4.69, 9.17) is 0 Å². The van der Waals surface area contributed by atoms with Crippen molar-refractivity contribution in [2.75, 3.05) is 0 Å². The molecule has 0 spiro atoms. The summed E-state index contributed by atoms with van der Waals surface area (Å²) in [5.74, 6) is 0.271. The zero-order valence-electron chi connectivity index (χ0n) is 19.3. The fourth-order valence-electron chi connectivity index (χ4n) is 4.80. The van der Waals surface area contributed by atoms with E-state index < -0.39 is 6.23 Å². The average Bonchev–Trinajstić information content (AvgIpc) is 3.12. The molecule has 0 saturated heterocycles. The van der Waals surface area contributed by atoms with Crippen LogP contribution >= 0.6 is 0 Å². The molecule has 0 heterocycles. The number of nitrogens with one attached hydrogen (secondary N) is 1. The van der Waals surface area contributed by atoms with Crippen LogP contribution in [0.5, 0.6) is 0 Å². The lowest BCUT2D eigenvalue weighted by molar-refractivity contribution is 0.141. The molecule has 2 aliphatic rings. The van der Waals surface area contributed by atoms with Crippen molar-refractivity contribution in [2.24, 2.45) is 5.92 Å². The lowest BCUT2D eigenvalue weighted by atomic mass is 9.85. The first-order chi connectivity index (χ1) is 14.9. The van der Waals surface area contributed by atoms with Crippen LogP contribution in [0.2, 0.25) is 0 Å². The normalized spacial score (nSPS) is 21.3. The molecule has 168 valence electrons. The van der Waals surface area contributed by atoms with E-state index in [0.717, 1.165) is 31.2 Å². The van der Waals surface area contributed by atoms with Gasteiger partial charge in [-0.2, -0.15) is 0 Å². The van der Waals surface area contributed by atoms with E-state index in [1.165, 1.54) is 48.1 Å². The molecule has 1 aromatic carbocycles. The highest BCUT2D eigenvalue weighted by Crippen LogP contribution is 2.40. The topological polar surface area (TPSA) is 32.3 Å². The van der Waals surface area contributed by atoms with Gasteiger partial charge in [-0.1, -0.05) is 67.3 Å². The summed E-state index contributed by atoms with van der Waals surface area (Å²) in [7, 11) is 0. The highest BCUT2D eigenvalue weighted by molar-refractivity contribution is 5.40. The number of halogens is 1. The predicted octanol–water partition coefficient (Wildman–Crippen LogP) is 6.78. The summed E-state index contributed by atoms with van der Waals surface area (Å²) in [5.41, 5.74) is 5.03. The first-order valence-corrected chi connectivity index (χ1v) is 11.8. The zero-order chi connectivity index (χ0) is 22.3. The third kappa shape index (κ3) is 7.29. The third-order valence-corrected chi connectivity index (χ3v) is 6.29. The van der Waals surface area contributed by atoms with Gasteiger partial charge in [0.15, 0.2) is 0 Å². The molecule has 0 radical (unpaired) electrons. The Hall–Kier alpha value is -1.97. The van der Waals surface area contributed by atoms with Gasteiger partial charge in [0.25, 0.3) is 0 Å². The second kappa shape index (κ2) is 11.1. The van der Waals surface area contributed by atoms with E-state index in [-0.39, 0.29) is 11.4 Å². The molecule has 31 heavy (non-hydrogen) atoms. The molecule has 0 aliphatic heterocycles. The molecule has 0 bridgehead atoms. The summed E-state index contributed by atoms with van der Waals surface area (Å²) in [6.07, 6.45) is 19.2. The molecular weight excluding hydrogens is 385 g/mol. The molecule has 0 amide bonds. The first kappa shape index (κ1) is 23.7. The molecular formula is C28H38FNO. The highest BCUT2D eigenvalue weighted by atomic mass is 19.1.